The molecular formula is C12H16BrNO3. The molecule has 0 bridgehead atoms. The summed E-state index contributed by atoms with van der Waals surface area (Å²) in [6.07, 6.45) is 3.05. The summed E-state index contributed by atoms with van der Waals surface area (Å²) in [7, 11) is 0. The molecular weight excluding hydrogens is 286 g/mol. The van der Waals surface area contributed by atoms with Gasteiger partial charge in [0.05, 0.1) is 5.56 Å². The molecule has 0 radical (unpaired) electrons. The second-order valence-electron chi connectivity index (χ2n) is 3.71. The van der Waals surface area contributed by atoms with E-state index >= 15 is 0 Å². The Bertz CT molecular complexity index is 382. The maximum Gasteiger partial charge on any atom is 0.255 e. The summed E-state index contributed by atoms with van der Waals surface area (Å²) in [6, 6.07) is 3.93. The van der Waals surface area contributed by atoms with Gasteiger partial charge in [0.1, 0.15) is 11.5 Å². The molecule has 94 valence electrons. The lowest BCUT2D eigenvalue weighted by atomic mass is 10.1. The van der Waals surface area contributed by atoms with E-state index in [2.05, 4.69) is 21.2 Å². The molecule has 0 aliphatic carbocycles. The van der Waals surface area contributed by atoms with Gasteiger partial charge in [0, 0.05) is 17.9 Å². The molecule has 0 saturated carbocycles. The normalized spacial score (nSPS) is 10.2. The van der Waals surface area contributed by atoms with Crippen molar-refractivity contribution in [1.29, 1.82) is 0 Å². The highest BCUT2D eigenvalue weighted by atomic mass is 79.9. The van der Waals surface area contributed by atoms with Crippen LogP contribution in [0.15, 0.2) is 18.2 Å². The lowest BCUT2D eigenvalue weighted by Crippen LogP contribution is -2.24. The Morgan fingerprint density at radius 3 is 2.65 bits per heavy atom. The van der Waals surface area contributed by atoms with Gasteiger partial charge in [0.25, 0.3) is 5.91 Å². The van der Waals surface area contributed by atoms with Crippen molar-refractivity contribution in [2.75, 3.05) is 11.9 Å². The zero-order chi connectivity index (χ0) is 12.7. The lowest BCUT2D eigenvalue weighted by Gasteiger charge is -2.06. The van der Waals surface area contributed by atoms with Crippen LogP contribution in [0, 0.1) is 0 Å². The number of hydrogen-bond acceptors (Lipinski definition) is 3. The maximum absolute atomic E-state index is 11.6. The van der Waals surface area contributed by atoms with Gasteiger partial charge in [-0.25, -0.2) is 0 Å². The molecule has 0 aliphatic rings. The number of amides is 1. The van der Waals surface area contributed by atoms with Crippen LogP contribution in [0.25, 0.3) is 0 Å². The van der Waals surface area contributed by atoms with Gasteiger partial charge in [0.15, 0.2) is 0 Å². The minimum Gasteiger partial charge on any atom is -0.508 e. The van der Waals surface area contributed by atoms with E-state index in [0.717, 1.165) is 30.7 Å². The van der Waals surface area contributed by atoms with Crippen LogP contribution in [0.5, 0.6) is 11.5 Å². The molecule has 1 amide bonds. The first-order valence-electron chi connectivity index (χ1n) is 5.51. The van der Waals surface area contributed by atoms with E-state index in [9.17, 15) is 9.90 Å². The van der Waals surface area contributed by atoms with Gasteiger partial charge in [0.2, 0.25) is 0 Å². The summed E-state index contributed by atoms with van der Waals surface area (Å²) < 4.78 is 0. The Morgan fingerprint density at radius 1 is 1.24 bits per heavy atom. The van der Waals surface area contributed by atoms with Crippen LogP contribution in [0.1, 0.15) is 29.6 Å². The average molecular weight is 302 g/mol. The van der Waals surface area contributed by atoms with E-state index in [1.54, 1.807) is 0 Å². The fraction of sp³-hybridized carbons (Fsp3) is 0.417. The van der Waals surface area contributed by atoms with E-state index in [-0.39, 0.29) is 23.0 Å². The standard InChI is InChI=1S/C12H16BrNO3/c13-6-2-1-3-7-14-12(17)10-5-4-9(15)8-11(10)16/h4-5,8,15-16H,1-3,6-7H2,(H,14,17). The lowest BCUT2D eigenvalue weighted by molar-refractivity contribution is 0.0950. The minimum absolute atomic E-state index is 0.0589. The molecule has 0 aliphatic heterocycles. The van der Waals surface area contributed by atoms with Gasteiger partial charge < -0.3 is 15.5 Å². The molecule has 17 heavy (non-hydrogen) atoms. The largest absolute Gasteiger partial charge is 0.508 e. The fourth-order valence-electron chi connectivity index (χ4n) is 1.41. The van der Waals surface area contributed by atoms with E-state index in [1.807, 2.05) is 0 Å². The first kappa shape index (κ1) is 13.8. The fourth-order valence-corrected chi connectivity index (χ4v) is 1.80. The predicted octanol–water partition coefficient (Wildman–Crippen LogP) is 2.39. The number of alkyl halides is 1. The van der Waals surface area contributed by atoms with E-state index in [4.69, 9.17) is 5.11 Å². The summed E-state index contributed by atoms with van der Waals surface area (Å²) in [5.41, 5.74) is 0.184. The highest BCUT2D eigenvalue weighted by molar-refractivity contribution is 9.09. The van der Waals surface area contributed by atoms with Gasteiger partial charge in [-0.05, 0) is 25.0 Å². The number of benzene rings is 1. The van der Waals surface area contributed by atoms with Crippen molar-refractivity contribution in [2.24, 2.45) is 0 Å². The Balaban J connectivity index is 2.42. The van der Waals surface area contributed by atoms with Crippen LogP contribution in [0.4, 0.5) is 0 Å². The van der Waals surface area contributed by atoms with Crippen molar-refractivity contribution in [3.8, 4) is 11.5 Å². The quantitative estimate of drug-likeness (QED) is 0.558. The number of phenolic OH excluding ortho intramolecular Hbond substituents is 2. The summed E-state index contributed by atoms with van der Waals surface area (Å²) in [6.45, 7) is 0.589. The third-order valence-electron chi connectivity index (χ3n) is 2.32. The summed E-state index contributed by atoms with van der Waals surface area (Å²) in [4.78, 5) is 11.6. The van der Waals surface area contributed by atoms with Gasteiger partial charge in [-0.3, -0.25) is 4.79 Å². The summed E-state index contributed by atoms with van der Waals surface area (Å²) in [5.74, 6) is -0.583. The van der Waals surface area contributed by atoms with Gasteiger partial charge in [-0.15, -0.1) is 0 Å². The van der Waals surface area contributed by atoms with E-state index in [1.165, 1.54) is 12.1 Å². The molecule has 1 aromatic carbocycles. The number of unbranched alkanes of at least 4 members (excludes halogenated alkanes) is 2. The molecule has 0 spiro atoms. The molecule has 0 fully saturated rings. The predicted molar refractivity (Wildman–Crippen MR) is 69.7 cm³/mol. The van der Waals surface area contributed by atoms with Crippen LogP contribution in [-0.2, 0) is 0 Å². The molecule has 0 unspecified atom stereocenters. The molecule has 0 saturated heterocycles. The Hall–Kier alpha value is -1.23. The number of nitrogens with one attached hydrogen (secondary N) is 1. The van der Waals surface area contributed by atoms with Crippen molar-refractivity contribution in [3.05, 3.63) is 23.8 Å². The second-order valence-corrected chi connectivity index (χ2v) is 4.50. The van der Waals surface area contributed by atoms with Crippen molar-refractivity contribution >= 4 is 21.8 Å². The highest BCUT2D eigenvalue weighted by Crippen LogP contribution is 2.22. The Morgan fingerprint density at radius 2 is 2.00 bits per heavy atom. The number of phenols is 2. The maximum atomic E-state index is 11.6. The van der Waals surface area contributed by atoms with Crippen LogP contribution in [-0.4, -0.2) is 28.0 Å². The van der Waals surface area contributed by atoms with E-state index < -0.39 is 0 Å². The molecule has 1 aromatic rings. The summed E-state index contributed by atoms with van der Waals surface area (Å²) >= 11 is 3.34. The van der Waals surface area contributed by atoms with Crippen molar-refractivity contribution < 1.29 is 15.0 Å². The molecule has 3 N–H and O–H groups in total. The molecule has 4 nitrogen and oxygen atoms in total. The molecule has 0 heterocycles. The van der Waals surface area contributed by atoms with Gasteiger partial charge >= 0.3 is 0 Å². The summed E-state index contributed by atoms with van der Waals surface area (Å²) in [5, 5.41) is 22.3. The molecule has 0 atom stereocenters. The Kier molecular flexibility index (Phi) is 5.83. The second kappa shape index (κ2) is 7.17. The van der Waals surface area contributed by atoms with E-state index in [0.29, 0.717) is 6.54 Å². The molecule has 5 heteroatoms. The van der Waals surface area contributed by atoms with Crippen LogP contribution >= 0.6 is 15.9 Å². The van der Waals surface area contributed by atoms with Crippen LogP contribution in [0.2, 0.25) is 0 Å². The minimum atomic E-state index is -0.318. The van der Waals surface area contributed by atoms with Gasteiger partial charge in [-0.1, -0.05) is 22.4 Å². The average Bonchev–Trinajstić information content (AvgIpc) is 2.28. The topological polar surface area (TPSA) is 69.6 Å². The first-order chi connectivity index (χ1) is 8.15. The van der Waals surface area contributed by atoms with Crippen molar-refractivity contribution in [2.45, 2.75) is 19.3 Å². The Labute approximate surface area is 109 Å². The number of carbonyl (C=O) groups excluding carboxylic acids is 1. The number of hydrogen-bond donors (Lipinski definition) is 3. The number of rotatable bonds is 6. The number of halogens is 1. The third kappa shape index (κ3) is 4.65. The highest BCUT2D eigenvalue weighted by Gasteiger charge is 2.10. The number of aromatic hydroxyl groups is 2. The molecule has 0 aromatic heterocycles. The smallest absolute Gasteiger partial charge is 0.255 e. The first-order valence-corrected chi connectivity index (χ1v) is 6.63. The molecule has 1 rings (SSSR count). The SMILES string of the molecule is O=C(NCCCCCBr)c1ccc(O)cc1O. The van der Waals surface area contributed by atoms with Crippen molar-refractivity contribution in [1.82, 2.24) is 5.32 Å². The zero-order valence-corrected chi connectivity index (χ0v) is 11.0. The van der Waals surface area contributed by atoms with Crippen molar-refractivity contribution in [3.63, 3.8) is 0 Å². The monoisotopic (exact) mass is 301 g/mol. The third-order valence-corrected chi connectivity index (χ3v) is 2.88. The van der Waals surface area contributed by atoms with Gasteiger partial charge in [-0.2, -0.15) is 0 Å². The number of carbonyl (C=O) groups is 1. The zero-order valence-electron chi connectivity index (χ0n) is 9.45. The van der Waals surface area contributed by atoms with Crippen LogP contribution < -0.4 is 5.32 Å². The van der Waals surface area contributed by atoms with Crippen LogP contribution in [0.3, 0.4) is 0 Å².